The number of hydrogen-bond acceptors (Lipinski definition) is 4. The summed E-state index contributed by atoms with van der Waals surface area (Å²) in [5.41, 5.74) is 5.47. The van der Waals surface area contributed by atoms with E-state index in [0.717, 1.165) is 52.8 Å². The first kappa shape index (κ1) is 23.6. The average Bonchev–Trinajstić information content (AvgIpc) is 3.65. The molecule has 2 amide bonds. The van der Waals surface area contributed by atoms with Gasteiger partial charge < -0.3 is 14.4 Å². The van der Waals surface area contributed by atoms with Gasteiger partial charge in [-0.15, -0.1) is 6.58 Å². The summed E-state index contributed by atoms with van der Waals surface area (Å²) < 4.78 is 1.98. The summed E-state index contributed by atoms with van der Waals surface area (Å²) >= 11 is 0. The van der Waals surface area contributed by atoms with Crippen molar-refractivity contribution in [3.05, 3.63) is 76.4 Å². The lowest BCUT2D eigenvalue weighted by Crippen LogP contribution is -2.43. The van der Waals surface area contributed by atoms with E-state index in [9.17, 15) is 14.4 Å². The molecule has 1 unspecified atom stereocenters. The molecule has 1 aliphatic carbocycles. The zero-order chi connectivity index (χ0) is 25.7. The largest absolute Gasteiger partial charge is 0.338 e. The Balaban J connectivity index is 1.38. The van der Waals surface area contributed by atoms with Crippen LogP contribution in [0.15, 0.2) is 53.8 Å². The van der Waals surface area contributed by atoms with Crippen molar-refractivity contribution >= 4 is 22.7 Å². The summed E-state index contributed by atoms with van der Waals surface area (Å²) in [5, 5.41) is 0.957. The predicted molar refractivity (Wildman–Crippen MR) is 143 cm³/mol. The SMILES string of the molecule is C=CCN1CC(C(=O)N2CCc3c(cc(-c4cccc5nc(C)ccc45)c(=O)n3CC3CC3)C2)CC1=O. The fraction of sp³-hybridized carbons (Fsp3) is 0.400. The van der Waals surface area contributed by atoms with Crippen molar-refractivity contribution in [2.75, 3.05) is 19.6 Å². The first-order valence-electron chi connectivity index (χ1n) is 13.2. The number of pyridine rings is 2. The number of benzene rings is 1. The summed E-state index contributed by atoms with van der Waals surface area (Å²) in [6.07, 6.45) is 4.92. The number of carbonyl (C=O) groups is 2. The number of fused-ring (bicyclic) bond motifs is 2. The van der Waals surface area contributed by atoms with Crippen LogP contribution in [0.25, 0.3) is 22.0 Å². The number of aromatic nitrogens is 2. The summed E-state index contributed by atoms with van der Waals surface area (Å²) in [7, 11) is 0. The van der Waals surface area contributed by atoms with E-state index in [4.69, 9.17) is 0 Å². The van der Waals surface area contributed by atoms with Gasteiger partial charge in [-0.1, -0.05) is 24.3 Å². The van der Waals surface area contributed by atoms with Gasteiger partial charge in [0.25, 0.3) is 5.56 Å². The highest BCUT2D eigenvalue weighted by Crippen LogP contribution is 2.34. The van der Waals surface area contributed by atoms with Crippen molar-refractivity contribution in [2.45, 2.75) is 45.7 Å². The van der Waals surface area contributed by atoms with Crippen molar-refractivity contribution in [1.82, 2.24) is 19.4 Å². The maximum absolute atomic E-state index is 13.9. The van der Waals surface area contributed by atoms with Crippen LogP contribution in [0.1, 0.15) is 36.2 Å². The summed E-state index contributed by atoms with van der Waals surface area (Å²) in [4.78, 5) is 47.9. The Bertz CT molecular complexity index is 1490. The molecular formula is C30H32N4O3. The molecule has 2 aromatic heterocycles. The zero-order valence-electron chi connectivity index (χ0n) is 21.3. The smallest absolute Gasteiger partial charge is 0.258 e. The normalized spacial score (nSPS) is 19.4. The third kappa shape index (κ3) is 4.37. The van der Waals surface area contributed by atoms with Gasteiger partial charge in [0, 0.05) is 67.9 Å². The second kappa shape index (κ2) is 9.29. The minimum absolute atomic E-state index is 0.0102. The lowest BCUT2D eigenvalue weighted by Gasteiger charge is -2.32. The van der Waals surface area contributed by atoms with Crippen LogP contribution in [0, 0.1) is 18.8 Å². The molecule has 1 atom stereocenters. The molecule has 1 saturated carbocycles. The molecule has 0 spiro atoms. The highest BCUT2D eigenvalue weighted by Gasteiger charge is 2.37. The monoisotopic (exact) mass is 496 g/mol. The molecule has 2 aliphatic heterocycles. The molecule has 37 heavy (non-hydrogen) atoms. The van der Waals surface area contributed by atoms with Crippen LogP contribution in [0.5, 0.6) is 0 Å². The molecule has 0 bridgehead atoms. The van der Waals surface area contributed by atoms with Gasteiger partial charge in [-0.25, -0.2) is 0 Å². The minimum atomic E-state index is -0.321. The standard InChI is InChI=1S/C30H32N4O3/c1-3-12-32-18-22(15-28(32)35)29(36)33-13-11-27-21(17-33)14-25(30(37)34(27)16-20-8-9-20)23-5-4-6-26-24(23)10-7-19(2)31-26/h3-7,10,14,20,22H,1,8-9,11-13,15-18H2,2H3. The van der Waals surface area contributed by atoms with Gasteiger partial charge in [0.05, 0.1) is 11.4 Å². The zero-order valence-corrected chi connectivity index (χ0v) is 21.3. The van der Waals surface area contributed by atoms with Crippen LogP contribution in [0.2, 0.25) is 0 Å². The van der Waals surface area contributed by atoms with E-state index in [1.807, 2.05) is 52.8 Å². The van der Waals surface area contributed by atoms with Crippen molar-refractivity contribution in [3.8, 4) is 11.1 Å². The minimum Gasteiger partial charge on any atom is -0.338 e. The van der Waals surface area contributed by atoms with Crippen LogP contribution >= 0.6 is 0 Å². The Labute approximate surface area is 216 Å². The van der Waals surface area contributed by atoms with Crippen molar-refractivity contribution < 1.29 is 9.59 Å². The molecule has 3 aromatic rings. The molecule has 3 aliphatic rings. The third-order valence-electron chi connectivity index (χ3n) is 7.99. The van der Waals surface area contributed by atoms with Gasteiger partial charge in [-0.2, -0.15) is 0 Å². The van der Waals surface area contributed by atoms with Crippen molar-refractivity contribution in [3.63, 3.8) is 0 Å². The van der Waals surface area contributed by atoms with Crippen LogP contribution in [-0.4, -0.2) is 50.8 Å². The van der Waals surface area contributed by atoms with Gasteiger partial charge >= 0.3 is 0 Å². The van der Waals surface area contributed by atoms with E-state index in [1.165, 1.54) is 0 Å². The van der Waals surface area contributed by atoms with Gasteiger partial charge in [-0.05, 0) is 55.0 Å². The Morgan fingerprint density at radius 2 is 2.00 bits per heavy atom. The second-order valence-electron chi connectivity index (χ2n) is 10.7. The lowest BCUT2D eigenvalue weighted by atomic mass is 9.95. The number of amides is 2. The van der Waals surface area contributed by atoms with Crippen LogP contribution in [-0.2, 0) is 29.1 Å². The first-order valence-corrected chi connectivity index (χ1v) is 13.2. The average molecular weight is 497 g/mol. The Hall–Kier alpha value is -3.74. The van der Waals surface area contributed by atoms with Crippen LogP contribution < -0.4 is 5.56 Å². The second-order valence-corrected chi connectivity index (χ2v) is 10.7. The quantitative estimate of drug-likeness (QED) is 0.488. The molecule has 1 saturated heterocycles. The number of carbonyl (C=O) groups excluding carboxylic acids is 2. The number of hydrogen-bond donors (Lipinski definition) is 0. The first-order chi connectivity index (χ1) is 17.9. The fourth-order valence-corrected chi connectivity index (χ4v) is 5.87. The summed E-state index contributed by atoms with van der Waals surface area (Å²) in [6, 6.07) is 11.9. The van der Waals surface area contributed by atoms with Gasteiger partial charge in [0.2, 0.25) is 11.8 Å². The molecule has 7 nitrogen and oxygen atoms in total. The van der Waals surface area contributed by atoms with Gasteiger partial charge in [-0.3, -0.25) is 19.4 Å². The van der Waals surface area contributed by atoms with Crippen molar-refractivity contribution in [1.29, 1.82) is 0 Å². The third-order valence-corrected chi connectivity index (χ3v) is 7.99. The number of rotatable bonds is 6. The molecule has 0 radical (unpaired) electrons. The Morgan fingerprint density at radius 1 is 1.16 bits per heavy atom. The molecule has 7 heteroatoms. The van der Waals surface area contributed by atoms with E-state index < -0.39 is 0 Å². The van der Waals surface area contributed by atoms with E-state index >= 15 is 0 Å². The van der Waals surface area contributed by atoms with E-state index in [1.54, 1.807) is 11.0 Å². The van der Waals surface area contributed by atoms with Gasteiger partial charge in [0.15, 0.2) is 0 Å². The molecule has 2 fully saturated rings. The highest BCUT2D eigenvalue weighted by molar-refractivity contribution is 5.94. The lowest BCUT2D eigenvalue weighted by molar-refractivity contribution is -0.136. The summed E-state index contributed by atoms with van der Waals surface area (Å²) in [5.74, 6) is 0.264. The number of likely N-dealkylation sites (tertiary alicyclic amines) is 1. The maximum Gasteiger partial charge on any atom is 0.258 e. The Morgan fingerprint density at radius 3 is 2.78 bits per heavy atom. The Kier molecular flexibility index (Phi) is 5.94. The molecule has 6 rings (SSSR count). The molecule has 0 N–H and O–H groups in total. The number of aryl methyl sites for hydroxylation is 1. The number of nitrogens with zero attached hydrogens (tertiary/aromatic N) is 4. The fourth-order valence-electron chi connectivity index (χ4n) is 5.87. The van der Waals surface area contributed by atoms with Crippen LogP contribution in [0.4, 0.5) is 0 Å². The van der Waals surface area contributed by atoms with Crippen molar-refractivity contribution in [2.24, 2.45) is 11.8 Å². The molecule has 1 aromatic carbocycles. The predicted octanol–water partition coefficient (Wildman–Crippen LogP) is 3.70. The van der Waals surface area contributed by atoms with Gasteiger partial charge in [0.1, 0.15) is 0 Å². The highest BCUT2D eigenvalue weighted by atomic mass is 16.2. The summed E-state index contributed by atoms with van der Waals surface area (Å²) in [6.45, 7) is 8.37. The topological polar surface area (TPSA) is 75.5 Å². The molecular weight excluding hydrogens is 464 g/mol. The van der Waals surface area contributed by atoms with E-state index in [0.29, 0.717) is 44.1 Å². The van der Waals surface area contributed by atoms with E-state index in [2.05, 4.69) is 11.6 Å². The van der Waals surface area contributed by atoms with E-state index in [-0.39, 0.29) is 29.7 Å². The molecule has 4 heterocycles. The maximum atomic E-state index is 13.9. The van der Waals surface area contributed by atoms with Crippen LogP contribution in [0.3, 0.4) is 0 Å². The molecule has 190 valence electrons.